The Hall–Kier alpha value is -1.79. The molecule has 2 aromatic rings. The Morgan fingerprint density at radius 1 is 1.14 bits per heavy atom. The van der Waals surface area contributed by atoms with Gasteiger partial charge in [-0.25, -0.2) is 8.42 Å². The largest absolute Gasteiger partial charge is 0.483 e. The first-order valence-corrected chi connectivity index (χ1v) is 8.41. The van der Waals surface area contributed by atoms with Gasteiger partial charge in [-0.05, 0) is 12.1 Å². The highest BCUT2D eigenvalue weighted by molar-refractivity contribution is 8.14. The number of nitrogens with zero attached hydrogens (tertiary/aromatic N) is 1. The quantitative estimate of drug-likeness (QED) is 0.808. The van der Waals surface area contributed by atoms with Gasteiger partial charge in [0.1, 0.15) is 5.75 Å². The van der Waals surface area contributed by atoms with Crippen molar-refractivity contribution in [2.24, 2.45) is 0 Å². The number of amides is 1. The third-order valence-corrected chi connectivity index (χ3v) is 4.34. The van der Waals surface area contributed by atoms with Gasteiger partial charge in [0, 0.05) is 35.6 Å². The molecule has 1 amide bonds. The molecule has 0 saturated heterocycles. The number of fused-ring (bicyclic) bond motifs is 1. The molecule has 2 rings (SSSR count). The van der Waals surface area contributed by atoms with Crippen LogP contribution in [-0.4, -0.2) is 39.9 Å². The van der Waals surface area contributed by atoms with E-state index in [0.29, 0.717) is 16.5 Å². The molecule has 2 aromatic carbocycles. The normalized spacial score (nSPS) is 11.4. The van der Waals surface area contributed by atoms with Crippen molar-refractivity contribution in [1.82, 2.24) is 4.90 Å². The van der Waals surface area contributed by atoms with Gasteiger partial charge in [-0.3, -0.25) is 4.79 Å². The molecule has 0 radical (unpaired) electrons. The van der Waals surface area contributed by atoms with Crippen molar-refractivity contribution >= 4 is 36.4 Å². The van der Waals surface area contributed by atoms with Crippen molar-refractivity contribution in [3.63, 3.8) is 0 Å². The zero-order valence-electron chi connectivity index (χ0n) is 11.5. The standard InChI is InChI=1S/C14H14ClNO4S/c1-16(2)14(17)9-20-12-7-8-13(21(15,18)19)11-6-4-3-5-10(11)12/h3-8H,9H2,1-2H3. The molecule has 0 fully saturated rings. The number of carbonyl (C=O) groups is 1. The van der Waals surface area contributed by atoms with Crippen LogP contribution in [0.25, 0.3) is 10.8 Å². The van der Waals surface area contributed by atoms with Gasteiger partial charge >= 0.3 is 0 Å². The van der Waals surface area contributed by atoms with Crippen LogP contribution in [0, 0.1) is 0 Å². The Kier molecular flexibility index (Phi) is 4.39. The fraction of sp³-hybridized carbons (Fsp3) is 0.214. The van der Waals surface area contributed by atoms with Crippen LogP contribution >= 0.6 is 10.7 Å². The van der Waals surface area contributed by atoms with Gasteiger partial charge in [0.2, 0.25) is 0 Å². The molecule has 0 aliphatic carbocycles. The van der Waals surface area contributed by atoms with Gasteiger partial charge < -0.3 is 9.64 Å². The second kappa shape index (κ2) is 5.91. The molecule has 0 aliphatic rings. The summed E-state index contributed by atoms with van der Waals surface area (Å²) in [7, 11) is 4.84. The summed E-state index contributed by atoms with van der Waals surface area (Å²) in [6.45, 7) is -0.121. The molecule has 0 saturated carbocycles. The molecule has 112 valence electrons. The Bertz CT molecular complexity index is 787. The van der Waals surface area contributed by atoms with E-state index >= 15 is 0 Å². The van der Waals surface area contributed by atoms with Crippen LogP contribution in [0.2, 0.25) is 0 Å². The molecule has 5 nitrogen and oxygen atoms in total. The minimum absolute atomic E-state index is 0.0195. The van der Waals surface area contributed by atoms with Crippen molar-refractivity contribution in [2.45, 2.75) is 4.90 Å². The maximum Gasteiger partial charge on any atom is 0.261 e. The lowest BCUT2D eigenvalue weighted by Crippen LogP contribution is -2.27. The van der Waals surface area contributed by atoms with Gasteiger partial charge in [-0.1, -0.05) is 24.3 Å². The second-order valence-corrected chi connectivity index (χ2v) is 7.16. The fourth-order valence-electron chi connectivity index (χ4n) is 1.85. The molecule has 0 N–H and O–H groups in total. The van der Waals surface area contributed by atoms with Crippen LogP contribution in [-0.2, 0) is 13.8 Å². The number of carbonyl (C=O) groups excluding carboxylic acids is 1. The molecular formula is C14H14ClNO4S. The zero-order chi connectivity index (χ0) is 15.6. The van der Waals surface area contributed by atoms with Gasteiger partial charge in [0.05, 0.1) is 4.90 Å². The first kappa shape index (κ1) is 15.6. The average Bonchev–Trinajstić information content (AvgIpc) is 2.42. The minimum Gasteiger partial charge on any atom is -0.483 e. The van der Waals surface area contributed by atoms with Crippen molar-refractivity contribution in [3.8, 4) is 5.75 Å². The SMILES string of the molecule is CN(C)C(=O)COc1ccc(S(=O)(=O)Cl)c2ccccc12. The predicted molar refractivity (Wildman–Crippen MR) is 81.2 cm³/mol. The maximum atomic E-state index is 11.6. The van der Waals surface area contributed by atoms with E-state index in [0.717, 1.165) is 0 Å². The van der Waals surface area contributed by atoms with E-state index in [-0.39, 0.29) is 17.4 Å². The average molecular weight is 328 g/mol. The van der Waals surface area contributed by atoms with E-state index in [1.54, 1.807) is 38.4 Å². The van der Waals surface area contributed by atoms with Gasteiger partial charge in [0.15, 0.2) is 6.61 Å². The van der Waals surface area contributed by atoms with Crippen LogP contribution in [0.1, 0.15) is 0 Å². The van der Waals surface area contributed by atoms with E-state index in [9.17, 15) is 13.2 Å². The van der Waals surface area contributed by atoms with Crippen LogP contribution in [0.15, 0.2) is 41.3 Å². The topological polar surface area (TPSA) is 63.7 Å². The smallest absolute Gasteiger partial charge is 0.261 e. The number of rotatable bonds is 4. The molecule has 7 heteroatoms. The monoisotopic (exact) mass is 327 g/mol. The Morgan fingerprint density at radius 3 is 2.33 bits per heavy atom. The second-order valence-electron chi connectivity index (χ2n) is 4.62. The van der Waals surface area contributed by atoms with Crippen LogP contribution in [0.4, 0.5) is 0 Å². The molecule has 0 spiro atoms. The van der Waals surface area contributed by atoms with E-state index in [2.05, 4.69) is 0 Å². The first-order chi connectivity index (χ1) is 9.80. The molecule has 0 aromatic heterocycles. The fourth-order valence-corrected chi connectivity index (χ4v) is 2.93. The van der Waals surface area contributed by atoms with Gasteiger partial charge in [-0.15, -0.1) is 0 Å². The van der Waals surface area contributed by atoms with E-state index in [1.807, 2.05) is 0 Å². The van der Waals surface area contributed by atoms with Crippen LogP contribution in [0.3, 0.4) is 0 Å². The summed E-state index contributed by atoms with van der Waals surface area (Å²) in [5.41, 5.74) is 0. The Labute approximate surface area is 127 Å². The van der Waals surface area contributed by atoms with Crippen LogP contribution in [0.5, 0.6) is 5.75 Å². The summed E-state index contributed by atoms with van der Waals surface area (Å²) in [5.74, 6) is 0.248. The molecule has 0 atom stereocenters. The Morgan fingerprint density at radius 2 is 1.76 bits per heavy atom. The highest BCUT2D eigenvalue weighted by Crippen LogP contribution is 2.32. The van der Waals surface area contributed by atoms with Crippen molar-refractivity contribution in [2.75, 3.05) is 20.7 Å². The highest BCUT2D eigenvalue weighted by atomic mass is 35.7. The number of likely N-dealkylation sites (N-methyl/N-ethyl adjacent to an activating group) is 1. The number of hydrogen-bond acceptors (Lipinski definition) is 4. The lowest BCUT2D eigenvalue weighted by atomic mass is 10.1. The summed E-state index contributed by atoms with van der Waals surface area (Å²) in [6, 6.07) is 9.71. The van der Waals surface area contributed by atoms with Crippen molar-refractivity contribution in [3.05, 3.63) is 36.4 Å². The number of benzene rings is 2. The lowest BCUT2D eigenvalue weighted by Gasteiger charge is -2.13. The highest BCUT2D eigenvalue weighted by Gasteiger charge is 2.16. The molecular weight excluding hydrogens is 314 g/mol. The van der Waals surface area contributed by atoms with E-state index in [4.69, 9.17) is 15.4 Å². The minimum atomic E-state index is -3.85. The number of ether oxygens (including phenoxy) is 1. The molecule has 0 aliphatic heterocycles. The van der Waals surface area contributed by atoms with E-state index < -0.39 is 9.05 Å². The first-order valence-electron chi connectivity index (χ1n) is 6.10. The predicted octanol–water partition coefficient (Wildman–Crippen LogP) is 2.23. The maximum absolute atomic E-state index is 11.6. The lowest BCUT2D eigenvalue weighted by molar-refractivity contribution is -0.130. The molecule has 0 unspecified atom stereocenters. The van der Waals surface area contributed by atoms with Crippen molar-refractivity contribution < 1.29 is 17.9 Å². The third-order valence-electron chi connectivity index (χ3n) is 2.96. The van der Waals surface area contributed by atoms with E-state index in [1.165, 1.54) is 17.0 Å². The third kappa shape index (κ3) is 3.46. The zero-order valence-corrected chi connectivity index (χ0v) is 13.1. The summed E-state index contributed by atoms with van der Waals surface area (Å²) in [4.78, 5) is 13.0. The molecule has 0 heterocycles. The Balaban J connectivity index is 2.46. The molecule has 0 bridgehead atoms. The summed E-state index contributed by atoms with van der Waals surface area (Å²) in [5, 5.41) is 1.05. The van der Waals surface area contributed by atoms with Crippen LogP contribution < -0.4 is 4.74 Å². The summed E-state index contributed by atoms with van der Waals surface area (Å²) >= 11 is 0. The summed E-state index contributed by atoms with van der Waals surface area (Å²) in [6.07, 6.45) is 0. The van der Waals surface area contributed by atoms with Gasteiger partial charge in [-0.2, -0.15) is 0 Å². The summed E-state index contributed by atoms with van der Waals surface area (Å²) < 4.78 is 28.6. The van der Waals surface area contributed by atoms with Gasteiger partial charge in [0.25, 0.3) is 15.0 Å². The number of halogens is 1. The molecule has 21 heavy (non-hydrogen) atoms. The number of hydrogen-bond donors (Lipinski definition) is 0. The van der Waals surface area contributed by atoms with Crippen molar-refractivity contribution in [1.29, 1.82) is 0 Å².